The summed E-state index contributed by atoms with van der Waals surface area (Å²) < 4.78 is 18.2. The highest BCUT2D eigenvalue weighted by atomic mass is 19.1. The highest BCUT2D eigenvalue weighted by molar-refractivity contribution is 5.95. The minimum absolute atomic E-state index is 0.0106. The van der Waals surface area contributed by atoms with Crippen LogP contribution in [0.15, 0.2) is 24.3 Å². The Morgan fingerprint density at radius 1 is 1.32 bits per heavy atom. The zero-order valence-electron chi connectivity index (χ0n) is 16.6. The van der Waals surface area contributed by atoms with E-state index in [4.69, 9.17) is 4.74 Å². The molecule has 1 atom stereocenters. The van der Waals surface area contributed by atoms with Gasteiger partial charge in [-0.05, 0) is 68.7 Å². The predicted molar refractivity (Wildman–Crippen MR) is 105 cm³/mol. The van der Waals surface area contributed by atoms with Crippen LogP contribution in [-0.4, -0.2) is 29.4 Å². The lowest BCUT2D eigenvalue weighted by molar-refractivity contribution is 0.0893. The standard InChI is InChI=1S/C22H28FN3O2/c1-14-11-20(26-25-14)22(2,13-15-3-4-15)24-21(27)17-7-8-18(16-5-6-16)19(12-17)28-10-9-23/h7-8,11-12,15-16H,3-6,9-10,13H2,1-2H3,(H,24,27)(H,25,26). The van der Waals surface area contributed by atoms with E-state index in [0.717, 1.165) is 36.2 Å². The van der Waals surface area contributed by atoms with Gasteiger partial charge in [0.1, 0.15) is 19.0 Å². The van der Waals surface area contributed by atoms with Crippen LogP contribution < -0.4 is 10.1 Å². The van der Waals surface area contributed by atoms with Crippen LogP contribution in [0, 0.1) is 12.8 Å². The highest BCUT2D eigenvalue weighted by Gasteiger charge is 2.38. The van der Waals surface area contributed by atoms with E-state index in [1.807, 2.05) is 32.0 Å². The van der Waals surface area contributed by atoms with Gasteiger partial charge in [-0.15, -0.1) is 0 Å². The number of aromatic amines is 1. The molecular weight excluding hydrogens is 357 g/mol. The second-order valence-corrected chi connectivity index (χ2v) is 8.43. The topological polar surface area (TPSA) is 67.0 Å². The molecule has 1 unspecified atom stereocenters. The molecule has 28 heavy (non-hydrogen) atoms. The molecule has 150 valence electrons. The zero-order chi connectivity index (χ0) is 19.7. The molecule has 2 fully saturated rings. The molecule has 0 aliphatic heterocycles. The molecule has 2 aromatic rings. The molecule has 0 saturated heterocycles. The smallest absolute Gasteiger partial charge is 0.252 e. The number of alkyl halides is 1. The van der Waals surface area contributed by atoms with E-state index in [0.29, 0.717) is 23.1 Å². The van der Waals surface area contributed by atoms with Crippen molar-refractivity contribution in [2.45, 2.75) is 57.4 Å². The average molecular weight is 385 g/mol. The summed E-state index contributed by atoms with van der Waals surface area (Å²) in [5.41, 5.74) is 2.91. The van der Waals surface area contributed by atoms with E-state index in [9.17, 15) is 9.18 Å². The molecule has 2 N–H and O–H groups in total. The molecule has 1 aromatic heterocycles. The van der Waals surface area contributed by atoms with Crippen LogP contribution in [0.1, 0.15) is 72.3 Å². The van der Waals surface area contributed by atoms with Gasteiger partial charge in [0.05, 0.1) is 11.2 Å². The van der Waals surface area contributed by atoms with Gasteiger partial charge >= 0.3 is 0 Å². The fraction of sp³-hybridized carbons (Fsp3) is 0.545. The Balaban J connectivity index is 1.56. The Morgan fingerprint density at radius 3 is 2.71 bits per heavy atom. The number of carbonyl (C=O) groups excluding carboxylic acids is 1. The minimum Gasteiger partial charge on any atom is -0.491 e. The number of ether oxygens (including phenoxy) is 1. The van der Waals surface area contributed by atoms with Crippen molar-refractivity contribution in [3.8, 4) is 5.75 Å². The first-order valence-electron chi connectivity index (χ1n) is 10.2. The van der Waals surface area contributed by atoms with Crippen LogP contribution in [0.2, 0.25) is 0 Å². The summed E-state index contributed by atoms with van der Waals surface area (Å²) in [6, 6.07) is 7.55. The molecule has 2 aliphatic rings. The van der Waals surface area contributed by atoms with E-state index in [-0.39, 0.29) is 12.5 Å². The molecule has 0 bridgehead atoms. The van der Waals surface area contributed by atoms with Gasteiger partial charge in [0.25, 0.3) is 5.91 Å². The largest absolute Gasteiger partial charge is 0.491 e. The maximum Gasteiger partial charge on any atom is 0.252 e. The number of carbonyl (C=O) groups is 1. The van der Waals surface area contributed by atoms with Crippen molar-refractivity contribution in [2.24, 2.45) is 5.92 Å². The van der Waals surface area contributed by atoms with Crippen LogP contribution >= 0.6 is 0 Å². The van der Waals surface area contributed by atoms with Gasteiger partial charge in [0, 0.05) is 11.3 Å². The van der Waals surface area contributed by atoms with Gasteiger partial charge in [0.15, 0.2) is 0 Å². The third kappa shape index (κ3) is 4.21. The van der Waals surface area contributed by atoms with Gasteiger partial charge in [-0.3, -0.25) is 9.89 Å². The van der Waals surface area contributed by atoms with E-state index in [1.54, 1.807) is 6.07 Å². The number of nitrogens with one attached hydrogen (secondary N) is 2. The third-order valence-electron chi connectivity index (χ3n) is 5.68. The molecule has 2 aliphatic carbocycles. The monoisotopic (exact) mass is 385 g/mol. The number of rotatable bonds is 9. The van der Waals surface area contributed by atoms with Crippen molar-refractivity contribution >= 4 is 5.91 Å². The van der Waals surface area contributed by atoms with Crippen LogP contribution in [-0.2, 0) is 5.54 Å². The van der Waals surface area contributed by atoms with Gasteiger partial charge in [-0.1, -0.05) is 18.9 Å². The quantitative estimate of drug-likeness (QED) is 0.673. The predicted octanol–water partition coefficient (Wildman–Crippen LogP) is 4.39. The van der Waals surface area contributed by atoms with Crippen molar-refractivity contribution < 1.29 is 13.9 Å². The maximum absolute atomic E-state index is 13.1. The average Bonchev–Trinajstić information content (AvgIpc) is 3.60. The number of hydrogen-bond acceptors (Lipinski definition) is 3. The Hall–Kier alpha value is -2.37. The normalized spacial score (nSPS) is 18.5. The summed E-state index contributed by atoms with van der Waals surface area (Å²) in [5, 5.41) is 10.6. The van der Waals surface area contributed by atoms with Crippen LogP contribution in [0.5, 0.6) is 5.75 Å². The lowest BCUT2D eigenvalue weighted by Gasteiger charge is -2.29. The van der Waals surface area contributed by atoms with Crippen molar-refractivity contribution in [1.82, 2.24) is 15.5 Å². The number of halogens is 1. The summed E-state index contributed by atoms with van der Waals surface area (Å²) in [6.45, 7) is 3.47. The number of H-pyrrole nitrogens is 1. The molecule has 5 nitrogen and oxygen atoms in total. The van der Waals surface area contributed by atoms with Crippen molar-refractivity contribution in [1.29, 1.82) is 0 Å². The molecule has 2 saturated carbocycles. The Morgan fingerprint density at radius 2 is 2.11 bits per heavy atom. The molecule has 1 amide bonds. The second-order valence-electron chi connectivity index (χ2n) is 8.43. The third-order valence-corrected chi connectivity index (χ3v) is 5.68. The summed E-state index contributed by atoms with van der Waals surface area (Å²) in [4.78, 5) is 13.1. The van der Waals surface area contributed by atoms with Gasteiger partial charge in [-0.2, -0.15) is 5.10 Å². The first-order valence-corrected chi connectivity index (χ1v) is 10.2. The number of nitrogens with zero attached hydrogens (tertiary/aromatic N) is 1. The molecule has 1 aromatic carbocycles. The molecule has 1 heterocycles. The van der Waals surface area contributed by atoms with Crippen molar-refractivity contribution in [2.75, 3.05) is 13.3 Å². The minimum atomic E-state index is -0.543. The van der Waals surface area contributed by atoms with Crippen molar-refractivity contribution in [3.63, 3.8) is 0 Å². The van der Waals surface area contributed by atoms with Gasteiger partial charge in [0.2, 0.25) is 0 Å². The first-order chi connectivity index (χ1) is 13.5. The first kappa shape index (κ1) is 19.0. The molecule has 0 radical (unpaired) electrons. The van der Waals surface area contributed by atoms with E-state index in [2.05, 4.69) is 15.5 Å². The molecular formula is C22H28FN3O2. The molecule has 0 spiro atoms. The summed E-state index contributed by atoms with van der Waals surface area (Å²) in [7, 11) is 0. The summed E-state index contributed by atoms with van der Waals surface area (Å²) in [6.07, 6.45) is 5.51. The van der Waals surface area contributed by atoms with Crippen LogP contribution in [0.25, 0.3) is 0 Å². The Bertz CT molecular complexity index is 857. The molecule has 4 rings (SSSR count). The Labute approximate surface area is 165 Å². The lowest BCUT2D eigenvalue weighted by atomic mass is 9.90. The summed E-state index contributed by atoms with van der Waals surface area (Å²) >= 11 is 0. The van der Waals surface area contributed by atoms with E-state index in [1.165, 1.54) is 12.8 Å². The number of amides is 1. The fourth-order valence-electron chi connectivity index (χ4n) is 3.82. The maximum atomic E-state index is 13.1. The number of aromatic nitrogens is 2. The SMILES string of the molecule is Cc1cc(C(C)(CC2CC2)NC(=O)c2ccc(C3CC3)c(OCCF)c2)n[nH]1. The van der Waals surface area contributed by atoms with Crippen LogP contribution in [0.4, 0.5) is 4.39 Å². The number of benzene rings is 1. The van der Waals surface area contributed by atoms with Gasteiger partial charge < -0.3 is 10.1 Å². The number of aryl methyl sites for hydroxylation is 1. The van der Waals surface area contributed by atoms with E-state index >= 15 is 0 Å². The Kier molecular flexibility index (Phi) is 5.13. The lowest BCUT2D eigenvalue weighted by Crippen LogP contribution is -2.44. The fourth-order valence-corrected chi connectivity index (χ4v) is 3.82. The van der Waals surface area contributed by atoms with Gasteiger partial charge in [-0.25, -0.2) is 4.39 Å². The second kappa shape index (κ2) is 7.57. The highest BCUT2D eigenvalue weighted by Crippen LogP contribution is 2.45. The zero-order valence-corrected chi connectivity index (χ0v) is 16.6. The molecule has 6 heteroatoms. The van der Waals surface area contributed by atoms with Crippen molar-refractivity contribution in [3.05, 3.63) is 46.8 Å². The van der Waals surface area contributed by atoms with E-state index < -0.39 is 12.2 Å². The number of hydrogen-bond donors (Lipinski definition) is 2. The van der Waals surface area contributed by atoms with Crippen LogP contribution in [0.3, 0.4) is 0 Å². The summed E-state index contributed by atoms with van der Waals surface area (Å²) in [5.74, 6) is 1.57.